The van der Waals surface area contributed by atoms with Gasteiger partial charge in [-0.3, -0.25) is 4.90 Å². The standard InChI is InChI=1S/C13H21N/c1-2-3-14-9-12-5-10-4-11(6-12)8-13(14)7-10/h2,10-13H,1,3-9H2. The fourth-order valence-electron chi connectivity index (χ4n) is 4.27. The lowest BCUT2D eigenvalue weighted by Gasteiger charge is -2.39. The minimum Gasteiger partial charge on any atom is -0.296 e. The summed E-state index contributed by atoms with van der Waals surface area (Å²) in [6.45, 7) is 6.38. The van der Waals surface area contributed by atoms with E-state index in [9.17, 15) is 0 Å². The zero-order valence-corrected chi connectivity index (χ0v) is 8.99. The van der Waals surface area contributed by atoms with Crippen LogP contribution < -0.4 is 0 Å². The SMILES string of the molecule is C=CCN1CC2CC3CC(C2)CC1C3. The van der Waals surface area contributed by atoms with Crippen molar-refractivity contribution in [1.29, 1.82) is 0 Å². The lowest BCUT2D eigenvalue weighted by atomic mass is 9.68. The smallest absolute Gasteiger partial charge is 0.0163 e. The Balaban J connectivity index is 1.82. The molecule has 2 aliphatic heterocycles. The molecule has 4 rings (SSSR count). The van der Waals surface area contributed by atoms with Gasteiger partial charge in [-0.05, 0) is 49.9 Å². The molecule has 2 heterocycles. The lowest BCUT2D eigenvalue weighted by Crippen LogP contribution is -2.38. The molecule has 2 saturated carbocycles. The van der Waals surface area contributed by atoms with Gasteiger partial charge < -0.3 is 0 Å². The van der Waals surface area contributed by atoms with E-state index in [0.717, 1.165) is 30.3 Å². The maximum absolute atomic E-state index is 3.89. The van der Waals surface area contributed by atoms with Crippen molar-refractivity contribution < 1.29 is 0 Å². The van der Waals surface area contributed by atoms with Gasteiger partial charge in [0.1, 0.15) is 0 Å². The topological polar surface area (TPSA) is 3.24 Å². The van der Waals surface area contributed by atoms with E-state index in [1.807, 2.05) is 0 Å². The van der Waals surface area contributed by atoms with E-state index >= 15 is 0 Å². The molecule has 0 N–H and O–H groups in total. The van der Waals surface area contributed by atoms with E-state index in [-0.39, 0.29) is 0 Å². The first-order valence-corrected chi connectivity index (χ1v) is 6.20. The van der Waals surface area contributed by atoms with Gasteiger partial charge in [-0.15, -0.1) is 6.58 Å². The summed E-state index contributed by atoms with van der Waals surface area (Å²) in [6, 6.07) is 0.907. The molecule has 14 heavy (non-hydrogen) atoms. The minimum atomic E-state index is 0.907. The van der Waals surface area contributed by atoms with Crippen molar-refractivity contribution in [2.24, 2.45) is 17.8 Å². The Labute approximate surface area is 87.2 Å². The number of hydrogen-bond donors (Lipinski definition) is 0. The van der Waals surface area contributed by atoms with Gasteiger partial charge >= 0.3 is 0 Å². The second-order valence-electron chi connectivity index (χ2n) is 5.67. The van der Waals surface area contributed by atoms with E-state index in [4.69, 9.17) is 0 Å². The molecule has 2 atom stereocenters. The first-order chi connectivity index (χ1) is 6.85. The monoisotopic (exact) mass is 191 g/mol. The third kappa shape index (κ3) is 1.42. The van der Waals surface area contributed by atoms with Crippen LogP contribution in [-0.2, 0) is 0 Å². The molecule has 4 aliphatic rings. The van der Waals surface area contributed by atoms with Crippen LogP contribution in [0.15, 0.2) is 12.7 Å². The summed E-state index contributed by atoms with van der Waals surface area (Å²) >= 11 is 0. The third-order valence-electron chi connectivity index (χ3n) is 4.58. The molecule has 2 aliphatic carbocycles. The van der Waals surface area contributed by atoms with Crippen LogP contribution in [0.2, 0.25) is 0 Å². The molecule has 4 bridgehead atoms. The van der Waals surface area contributed by atoms with Gasteiger partial charge in [0.05, 0.1) is 0 Å². The Morgan fingerprint density at radius 3 is 2.29 bits per heavy atom. The predicted molar refractivity (Wildman–Crippen MR) is 59.1 cm³/mol. The number of nitrogens with zero attached hydrogens (tertiary/aromatic N) is 1. The summed E-state index contributed by atoms with van der Waals surface area (Å²) in [5.74, 6) is 3.17. The summed E-state index contributed by atoms with van der Waals surface area (Å²) in [4.78, 5) is 2.71. The van der Waals surface area contributed by atoms with E-state index in [2.05, 4.69) is 17.6 Å². The van der Waals surface area contributed by atoms with Crippen molar-refractivity contribution >= 4 is 0 Å². The highest BCUT2D eigenvalue weighted by Gasteiger charge is 2.41. The van der Waals surface area contributed by atoms with Crippen molar-refractivity contribution in [2.45, 2.75) is 38.1 Å². The van der Waals surface area contributed by atoms with Crippen molar-refractivity contribution in [3.63, 3.8) is 0 Å². The van der Waals surface area contributed by atoms with E-state index in [1.165, 1.54) is 32.2 Å². The van der Waals surface area contributed by atoms with Gasteiger partial charge in [0.25, 0.3) is 0 Å². The summed E-state index contributed by atoms with van der Waals surface area (Å²) < 4.78 is 0. The van der Waals surface area contributed by atoms with Crippen molar-refractivity contribution in [3.8, 4) is 0 Å². The predicted octanol–water partition coefficient (Wildman–Crippen LogP) is 2.68. The number of rotatable bonds is 2. The van der Waals surface area contributed by atoms with Crippen LogP contribution >= 0.6 is 0 Å². The van der Waals surface area contributed by atoms with Crippen LogP contribution in [0.25, 0.3) is 0 Å². The molecule has 4 fully saturated rings. The molecule has 2 unspecified atom stereocenters. The fraction of sp³-hybridized carbons (Fsp3) is 0.846. The van der Waals surface area contributed by atoms with Crippen LogP contribution in [-0.4, -0.2) is 24.0 Å². The van der Waals surface area contributed by atoms with Crippen LogP contribution in [0.4, 0.5) is 0 Å². The van der Waals surface area contributed by atoms with Crippen molar-refractivity contribution in [1.82, 2.24) is 4.90 Å². The summed E-state index contributed by atoms with van der Waals surface area (Å²) in [5.41, 5.74) is 0. The largest absolute Gasteiger partial charge is 0.296 e. The number of hydrogen-bond acceptors (Lipinski definition) is 1. The Kier molecular flexibility index (Phi) is 2.16. The second kappa shape index (κ2) is 3.37. The zero-order chi connectivity index (χ0) is 9.54. The highest BCUT2D eigenvalue weighted by atomic mass is 15.2. The number of fused-ring (bicyclic) bond motifs is 1. The molecule has 0 spiro atoms. The lowest BCUT2D eigenvalue weighted by molar-refractivity contribution is 0.131. The van der Waals surface area contributed by atoms with Crippen molar-refractivity contribution in [3.05, 3.63) is 12.7 Å². The van der Waals surface area contributed by atoms with Crippen LogP contribution in [0.3, 0.4) is 0 Å². The highest BCUT2D eigenvalue weighted by molar-refractivity contribution is 4.96. The molecular weight excluding hydrogens is 170 g/mol. The van der Waals surface area contributed by atoms with Gasteiger partial charge in [0, 0.05) is 19.1 Å². The highest BCUT2D eigenvalue weighted by Crippen LogP contribution is 2.47. The summed E-state index contributed by atoms with van der Waals surface area (Å²) in [6.07, 6.45) is 9.67. The molecule has 1 heteroatoms. The van der Waals surface area contributed by atoms with Gasteiger partial charge in [0.15, 0.2) is 0 Å². The Bertz CT molecular complexity index is 221. The first-order valence-electron chi connectivity index (χ1n) is 6.20. The third-order valence-corrected chi connectivity index (χ3v) is 4.58. The normalized spacial score (nSPS) is 46.6. The maximum Gasteiger partial charge on any atom is 0.0163 e. The molecule has 0 aromatic rings. The van der Waals surface area contributed by atoms with E-state index in [1.54, 1.807) is 6.42 Å². The van der Waals surface area contributed by atoms with E-state index < -0.39 is 0 Å². The first kappa shape index (κ1) is 8.96. The molecule has 1 nitrogen and oxygen atoms in total. The Morgan fingerprint density at radius 1 is 1.00 bits per heavy atom. The average Bonchev–Trinajstić information content (AvgIpc) is 2.32. The van der Waals surface area contributed by atoms with Gasteiger partial charge in [-0.1, -0.05) is 6.08 Å². The summed E-state index contributed by atoms with van der Waals surface area (Å²) in [5, 5.41) is 0. The Morgan fingerprint density at radius 2 is 1.64 bits per heavy atom. The maximum atomic E-state index is 3.89. The molecule has 2 saturated heterocycles. The average molecular weight is 191 g/mol. The van der Waals surface area contributed by atoms with Crippen LogP contribution in [0, 0.1) is 17.8 Å². The van der Waals surface area contributed by atoms with Crippen molar-refractivity contribution in [2.75, 3.05) is 13.1 Å². The van der Waals surface area contributed by atoms with Crippen LogP contribution in [0.1, 0.15) is 32.1 Å². The minimum absolute atomic E-state index is 0.907. The van der Waals surface area contributed by atoms with Crippen LogP contribution in [0.5, 0.6) is 0 Å². The Hall–Kier alpha value is -0.300. The van der Waals surface area contributed by atoms with Gasteiger partial charge in [-0.2, -0.15) is 0 Å². The molecule has 0 radical (unpaired) electrons. The molecule has 0 aromatic carbocycles. The molecule has 0 aromatic heterocycles. The summed E-state index contributed by atoms with van der Waals surface area (Å²) in [7, 11) is 0. The second-order valence-corrected chi connectivity index (χ2v) is 5.67. The molecule has 0 amide bonds. The molecule has 78 valence electrons. The zero-order valence-electron chi connectivity index (χ0n) is 8.99. The molecular formula is C13H21N. The van der Waals surface area contributed by atoms with Gasteiger partial charge in [0.2, 0.25) is 0 Å². The quantitative estimate of drug-likeness (QED) is 0.607. The van der Waals surface area contributed by atoms with E-state index in [0.29, 0.717) is 0 Å². The fourth-order valence-corrected chi connectivity index (χ4v) is 4.27. The van der Waals surface area contributed by atoms with Gasteiger partial charge in [-0.25, -0.2) is 0 Å².